The van der Waals surface area contributed by atoms with Crippen molar-refractivity contribution in [3.63, 3.8) is 0 Å². The third kappa shape index (κ3) is 4.91. The first-order valence-corrected chi connectivity index (χ1v) is 10.0. The normalized spacial score (nSPS) is 15.7. The first-order chi connectivity index (χ1) is 14.4. The van der Waals surface area contributed by atoms with E-state index in [0.717, 1.165) is 10.9 Å². The highest BCUT2D eigenvalue weighted by Gasteiger charge is 2.29. The summed E-state index contributed by atoms with van der Waals surface area (Å²) in [5.41, 5.74) is 1.03. The number of alkyl halides is 1. The number of nitrogens with one attached hydrogen (secondary N) is 3. The summed E-state index contributed by atoms with van der Waals surface area (Å²) in [6.45, 7) is 0.189. The maximum atomic E-state index is 12.4. The molecule has 160 valence electrons. The first-order valence-electron chi connectivity index (χ1n) is 9.50. The minimum Gasteiger partial charge on any atom is -0.496 e. The molecule has 1 aromatic carbocycles. The lowest BCUT2D eigenvalue weighted by Gasteiger charge is -2.23. The molecule has 2 aromatic rings. The average molecular weight is 435 g/mol. The lowest BCUT2D eigenvalue weighted by atomic mass is 10.1. The SMILES string of the molecule is COc1cccc2[nH]c(C(=O)NCC(=O)CN(CC3CCNC3=O)C(=O)CCl)cc12. The van der Waals surface area contributed by atoms with Gasteiger partial charge in [0.15, 0.2) is 5.78 Å². The molecule has 1 aliphatic heterocycles. The van der Waals surface area contributed by atoms with Crippen LogP contribution in [0.5, 0.6) is 5.75 Å². The number of Topliss-reactive ketones (excluding diaryl/α,β-unsaturated/α-hetero) is 1. The summed E-state index contributed by atoms with van der Waals surface area (Å²) < 4.78 is 5.28. The number of nitrogens with zero attached hydrogens (tertiary/aromatic N) is 1. The predicted octanol–water partition coefficient (Wildman–Crippen LogP) is 0.679. The average Bonchev–Trinajstić information content (AvgIpc) is 3.36. The van der Waals surface area contributed by atoms with Crippen molar-refractivity contribution in [2.24, 2.45) is 5.92 Å². The van der Waals surface area contributed by atoms with Crippen LogP contribution in [-0.2, 0) is 14.4 Å². The fourth-order valence-corrected chi connectivity index (χ4v) is 3.56. The summed E-state index contributed by atoms with van der Waals surface area (Å²) in [4.78, 5) is 52.9. The molecule has 0 spiro atoms. The van der Waals surface area contributed by atoms with Gasteiger partial charge in [0.05, 0.1) is 26.1 Å². The third-order valence-electron chi connectivity index (χ3n) is 4.97. The molecule has 0 radical (unpaired) electrons. The Morgan fingerprint density at radius 3 is 2.80 bits per heavy atom. The second kappa shape index (κ2) is 9.62. The van der Waals surface area contributed by atoms with E-state index in [1.165, 1.54) is 4.90 Å². The van der Waals surface area contributed by atoms with Gasteiger partial charge in [-0.3, -0.25) is 19.2 Å². The highest BCUT2D eigenvalue weighted by molar-refractivity contribution is 6.27. The summed E-state index contributed by atoms with van der Waals surface area (Å²) in [6.07, 6.45) is 0.597. The zero-order valence-corrected chi connectivity index (χ0v) is 17.3. The summed E-state index contributed by atoms with van der Waals surface area (Å²) in [6, 6.07) is 7.05. The molecule has 0 saturated carbocycles. The van der Waals surface area contributed by atoms with Crippen molar-refractivity contribution in [1.29, 1.82) is 0 Å². The second-order valence-corrected chi connectivity index (χ2v) is 7.28. The van der Waals surface area contributed by atoms with Gasteiger partial charge in [-0.05, 0) is 24.6 Å². The van der Waals surface area contributed by atoms with Crippen molar-refractivity contribution in [2.45, 2.75) is 6.42 Å². The smallest absolute Gasteiger partial charge is 0.268 e. The Morgan fingerprint density at radius 2 is 2.13 bits per heavy atom. The molecule has 3 N–H and O–H groups in total. The lowest BCUT2D eigenvalue weighted by molar-refractivity contribution is -0.134. The zero-order valence-electron chi connectivity index (χ0n) is 16.5. The van der Waals surface area contributed by atoms with Crippen LogP contribution >= 0.6 is 11.6 Å². The number of ketones is 1. The van der Waals surface area contributed by atoms with Crippen LogP contribution in [0.4, 0.5) is 0 Å². The first kappa shape index (κ1) is 21.6. The minimum atomic E-state index is -0.452. The molecule has 3 amide bonds. The third-order valence-corrected chi connectivity index (χ3v) is 5.20. The van der Waals surface area contributed by atoms with Crippen LogP contribution in [0.1, 0.15) is 16.9 Å². The van der Waals surface area contributed by atoms with E-state index in [0.29, 0.717) is 24.4 Å². The summed E-state index contributed by atoms with van der Waals surface area (Å²) in [7, 11) is 1.54. The van der Waals surface area contributed by atoms with Gasteiger partial charge in [-0.1, -0.05) is 6.07 Å². The Morgan fingerprint density at radius 1 is 1.33 bits per heavy atom. The van der Waals surface area contributed by atoms with Crippen LogP contribution in [0.15, 0.2) is 24.3 Å². The number of fused-ring (bicyclic) bond motifs is 1. The van der Waals surface area contributed by atoms with Crippen molar-refractivity contribution < 1.29 is 23.9 Å². The number of halogens is 1. The van der Waals surface area contributed by atoms with Crippen LogP contribution in [0.2, 0.25) is 0 Å². The van der Waals surface area contributed by atoms with Crippen molar-refractivity contribution in [3.05, 3.63) is 30.0 Å². The number of amides is 3. The molecular weight excluding hydrogens is 412 g/mol. The Hall–Kier alpha value is -3.07. The van der Waals surface area contributed by atoms with Gasteiger partial charge in [0.2, 0.25) is 11.8 Å². The topological polar surface area (TPSA) is 121 Å². The van der Waals surface area contributed by atoms with Gasteiger partial charge in [0.1, 0.15) is 17.3 Å². The largest absolute Gasteiger partial charge is 0.496 e. The number of carbonyl (C=O) groups is 4. The van der Waals surface area contributed by atoms with E-state index in [2.05, 4.69) is 15.6 Å². The fraction of sp³-hybridized carbons (Fsp3) is 0.400. The number of H-pyrrole nitrogens is 1. The summed E-state index contributed by atoms with van der Waals surface area (Å²) in [5.74, 6) is -1.41. The van der Waals surface area contributed by atoms with Gasteiger partial charge in [-0.15, -0.1) is 11.6 Å². The van der Waals surface area contributed by atoms with E-state index >= 15 is 0 Å². The molecule has 30 heavy (non-hydrogen) atoms. The number of methoxy groups -OCH3 is 1. The number of rotatable bonds is 9. The molecule has 0 aliphatic carbocycles. The van der Waals surface area contributed by atoms with Gasteiger partial charge in [-0.25, -0.2) is 0 Å². The Balaban J connectivity index is 1.58. The number of hydrogen-bond donors (Lipinski definition) is 3. The molecule has 1 saturated heterocycles. The van der Waals surface area contributed by atoms with Gasteiger partial charge >= 0.3 is 0 Å². The van der Waals surface area contributed by atoms with Gasteiger partial charge in [0.25, 0.3) is 5.91 Å². The monoisotopic (exact) mass is 434 g/mol. The highest BCUT2D eigenvalue weighted by Crippen LogP contribution is 2.25. The number of hydrogen-bond acceptors (Lipinski definition) is 5. The van der Waals surface area contributed by atoms with E-state index in [-0.39, 0.29) is 43.1 Å². The van der Waals surface area contributed by atoms with Crippen molar-refractivity contribution >= 4 is 46.0 Å². The molecule has 1 aliphatic rings. The predicted molar refractivity (Wildman–Crippen MR) is 111 cm³/mol. The van der Waals surface area contributed by atoms with E-state index in [1.54, 1.807) is 25.3 Å². The van der Waals surface area contributed by atoms with Crippen molar-refractivity contribution in [2.75, 3.05) is 39.2 Å². The lowest BCUT2D eigenvalue weighted by Crippen LogP contribution is -2.44. The summed E-state index contributed by atoms with van der Waals surface area (Å²) in [5, 5.41) is 6.00. The molecular formula is C20H23ClN4O5. The Labute approximate surface area is 178 Å². The van der Waals surface area contributed by atoms with E-state index in [1.807, 2.05) is 6.07 Å². The molecule has 10 heteroatoms. The number of aromatic nitrogens is 1. The number of benzene rings is 1. The zero-order chi connectivity index (χ0) is 21.7. The number of ether oxygens (including phenoxy) is 1. The quantitative estimate of drug-likeness (QED) is 0.501. The van der Waals surface area contributed by atoms with E-state index in [4.69, 9.17) is 16.3 Å². The Bertz CT molecular complexity index is 973. The van der Waals surface area contributed by atoms with Gasteiger partial charge in [0, 0.05) is 24.0 Å². The van der Waals surface area contributed by atoms with Crippen LogP contribution in [0.3, 0.4) is 0 Å². The highest BCUT2D eigenvalue weighted by atomic mass is 35.5. The standard InChI is InChI=1S/C20H23ClN4O5/c1-30-17-4-2-3-15-14(17)7-16(24-15)20(29)23-9-13(26)11-25(18(27)8-21)10-12-5-6-22-19(12)28/h2-4,7,12,24H,5-6,8-11H2,1H3,(H,22,28)(H,23,29). The van der Waals surface area contributed by atoms with Gasteiger partial charge in [-0.2, -0.15) is 0 Å². The van der Waals surface area contributed by atoms with E-state index in [9.17, 15) is 19.2 Å². The molecule has 1 fully saturated rings. The summed E-state index contributed by atoms with van der Waals surface area (Å²) >= 11 is 5.64. The molecule has 0 bridgehead atoms. The number of carbonyl (C=O) groups excluding carboxylic acids is 4. The molecule has 1 unspecified atom stereocenters. The fourth-order valence-electron chi connectivity index (χ4n) is 3.39. The Kier molecular flexibility index (Phi) is 6.94. The van der Waals surface area contributed by atoms with Crippen LogP contribution in [0.25, 0.3) is 10.9 Å². The minimum absolute atomic E-state index is 0.124. The number of aromatic amines is 1. The molecule has 1 atom stereocenters. The second-order valence-electron chi connectivity index (χ2n) is 7.01. The van der Waals surface area contributed by atoms with Crippen LogP contribution in [-0.4, -0.2) is 72.6 Å². The van der Waals surface area contributed by atoms with E-state index < -0.39 is 11.8 Å². The molecule has 3 rings (SSSR count). The van der Waals surface area contributed by atoms with Crippen molar-refractivity contribution in [3.8, 4) is 5.75 Å². The maximum absolute atomic E-state index is 12.4. The maximum Gasteiger partial charge on any atom is 0.268 e. The molecule has 2 heterocycles. The molecule has 9 nitrogen and oxygen atoms in total. The van der Waals surface area contributed by atoms with Crippen molar-refractivity contribution in [1.82, 2.24) is 20.5 Å². The van der Waals surface area contributed by atoms with Gasteiger partial charge < -0.3 is 25.3 Å². The molecule has 1 aromatic heterocycles. The van der Waals surface area contributed by atoms with Crippen LogP contribution in [0, 0.1) is 5.92 Å². The van der Waals surface area contributed by atoms with Crippen LogP contribution < -0.4 is 15.4 Å².